The molecule has 0 bridgehead atoms. The molecule has 1 N–H and O–H groups in total. The highest BCUT2D eigenvalue weighted by Crippen LogP contribution is 2.14. The van der Waals surface area contributed by atoms with Crippen molar-refractivity contribution in [1.29, 1.82) is 0 Å². The van der Waals surface area contributed by atoms with E-state index in [4.69, 9.17) is 14.5 Å². The number of guanidine groups is 1. The van der Waals surface area contributed by atoms with Crippen molar-refractivity contribution in [2.24, 2.45) is 4.99 Å². The van der Waals surface area contributed by atoms with Crippen molar-refractivity contribution in [3.63, 3.8) is 0 Å². The Balaban J connectivity index is 0.00000676. The van der Waals surface area contributed by atoms with Gasteiger partial charge >= 0.3 is 0 Å². The van der Waals surface area contributed by atoms with Crippen LogP contribution in [0.4, 0.5) is 0 Å². The van der Waals surface area contributed by atoms with Crippen LogP contribution in [0.25, 0.3) is 0 Å². The van der Waals surface area contributed by atoms with Crippen LogP contribution in [-0.2, 0) is 9.47 Å². The van der Waals surface area contributed by atoms with Gasteiger partial charge in [0.1, 0.15) is 0 Å². The molecule has 0 saturated carbocycles. The minimum absolute atomic E-state index is 0. The Labute approximate surface area is 184 Å². The lowest BCUT2D eigenvalue weighted by molar-refractivity contribution is 0.00990. The van der Waals surface area contributed by atoms with Crippen molar-refractivity contribution in [2.75, 3.05) is 60.1 Å². The van der Waals surface area contributed by atoms with Gasteiger partial charge < -0.3 is 24.6 Å². The van der Waals surface area contributed by atoms with Gasteiger partial charge in [0.05, 0.1) is 6.10 Å². The predicted molar refractivity (Wildman–Crippen MR) is 125 cm³/mol. The first kappa shape index (κ1) is 26.9. The van der Waals surface area contributed by atoms with Gasteiger partial charge in [-0.05, 0) is 66.5 Å². The number of unbranched alkanes of at least 4 members (excludes halogenated alkanes) is 1. The SMILES string of the molecule is CCNC(=NCCCCN(C)C(C)C)N1CCC(OCCCOC)CC1.I. The van der Waals surface area contributed by atoms with Gasteiger partial charge in [-0.1, -0.05) is 0 Å². The fraction of sp³-hybridized carbons (Fsp3) is 0.950. The molecule has 27 heavy (non-hydrogen) atoms. The van der Waals surface area contributed by atoms with Crippen LogP contribution in [0.2, 0.25) is 0 Å². The maximum atomic E-state index is 5.96. The van der Waals surface area contributed by atoms with E-state index in [1.54, 1.807) is 7.11 Å². The zero-order valence-electron chi connectivity index (χ0n) is 18.2. The maximum absolute atomic E-state index is 5.96. The molecule has 0 amide bonds. The summed E-state index contributed by atoms with van der Waals surface area (Å²) in [4.78, 5) is 9.63. The summed E-state index contributed by atoms with van der Waals surface area (Å²) in [5, 5.41) is 3.45. The molecule has 0 aromatic carbocycles. The molecule has 0 spiro atoms. The number of piperidine rings is 1. The van der Waals surface area contributed by atoms with Gasteiger partial charge in [0.15, 0.2) is 5.96 Å². The second-order valence-electron chi connectivity index (χ2n) is 7.42. The molecule has 0 unspecified atom stereocenters. The molecule has 0 aromatic heterocycles. The van der Waals surface area contributed by atoms with Crippen LogP contribution in [0.5, 0.6) is 0 Å². The molecule has 6 nitrogen and oxygen atoms in total. The van der Waals surface area contributed by atoms with Crippen molar-refractivity contribution >= 4 is 29.9 Å². The van der Waals surface area contributed by atoms with Crippen molar-refractivity contribution in [2.45, 2.75) is 65.0 Å². The van der Waals surface area contributed by atoms with E-state index in [1.807, 2.05) is 0 Å². The maximum Gasteiger partial charge on any atom is 0.193 e. The highest BCUT2D eigenvalue weighted by atomic mass is 127. The molecule has 1 aliphatic heterocycles. The van der Waals surface area contributed by atoms with E-state index in [0.717, 1.165) is 77.6 Å². The van der Waals surface area contributed by atoms with Crippen molar-refractivity contribution in [3.05, 3.63) is 0 Å². The quantitative estimate of drug-likeness (QED) is 0.194. The third-order valence-electron chi connectivity index (χ3n) is 4.98. The van der Waals surface area contributed by atoms with Crippen LogP contribution in [0.1, 0.15) is 52.9 Å². The number of halogens is 1. The average molecular weight is 498 g/mol. The van der Waals surface area contributed by atoms with E-state index in [9.17, 15) is 0 Å². The van der Waals surface area contributed by atoms with Crippen molar-refractivity contribution in [1.82, 2.24) is 15.1 Å². The molecule has 1 aliphatic rings. The summed E-state index contributed by atoms with van der Waals surface area (Å²) in [6.45, 7) is 13.2. The Morgan fingerprint density at radius 2 is 1.89 bits per heavy atom. The Kier molecular flexibility index (Phi) is 16.7. The summed E-state index contributed by atoms with van der Waals surface area (Å²) in [6.07, 6.45) is 5.87. The summed E-state index contributed by atoms with van der Waals surface area (Å²) in [5.41, 5.74) is 0. The van der Waals surface area contributed by atoms with E-state index in [2.05, 4.69) is 42.9 Å². The molecule has 0 radical (unpaired) electrons. The number of nitrogens with zero attached hydrogens (tertiary/aromatic N) is 3. The smallest absolute Gasteiger partial charge is 0.193 e. The monoisotopic (exact) mass is 498 g/mol. The van der Waals surface area contributed by atoms with Crippen molar-refractivity contribution < 1.29 is 9.47 Å². The van der Waals surface area contributed by atoms with E-state index < -0.39 is 0 Å². The number of methoxy groups -OCH3 is 1. The topological polar surface area (TPSA) is 49.3 Å². The van der Waals surface area contributed by atoms with Gasteiger partial charge in [-0.15, -0.1) is 24.0 Å². The number of ether oxygens (including phenoxy) is 2. The molecule has 1 rings (SSSR count). The first-order valence-electron chi connectivity index (χ1n) is 10.4. The van der Waals surface area contributed by atoms with Gasteiger partial charge in [0.25, 0.3) is 0 Å². The molecule has 0 aromatic rings. The Hall–Kier alpha value is -0.120. The Morgan fingerprint density at radius 1 is 1.19 bits per heavy atom. The number of aliphatic imine (C=N–C) groups is 1. The largest absolute Gasteiger partial charge is 0.385 e. The Bertz CT molecular complexity index is 375. The van der Waals surface area contributed by atoms with Crippen LogP contribution in [0, 0.1) is 0 Å². The highest BCUT2D eigenvalue weighted by molar-refractivity contribution is 14.0. The van der Waals surface area contributed by atoms with Crippen LogP contribution in [0.3, 0.4) is 0 Å². The fourth-order valence-corrected chi connectivity index (χ4v) is 3.03. The minimum Gasteiger partial charge on any atom is -0.385 e. The predicted octanol–water partition coefficient (Wildman–Crippen LogP) is 3.21. The number of hydrogen-bond donors (Lipinski definition) is 1. The number of rotatable bonds is 12. The van der Waals surface area contributed by atoms with E-state index in [1.165, 1.54) is 6.42 Å². The molecule has 1 saturated heterocycles. The van der Waals surface area contributed by atoms with Gasteiger partial charge in [-0.25, -0.2) is 0 Å². The minimum atomic E-state index is 0. The third-order valence-corrected chi connectivity index (χ3v) is 4.98. The molecule has 7 heteroatoms. The lowest BCUT2D eigenvalue weighted by Crippen LogP contribution is -2.47. The normalized spacial score (nSPS) is 16.1. The van der Waals surface area contributed by atoms with Gasteiger partial charge in [-0.3, -0.25) is 4.99 Å². The lowest BCUT2D eigenvalue weighted by Gasteiger charge is -2.34. The summed E-state index contributed by atoms with van der Waals surface area (Å²) in [7, 11) is 3.93. The average Bonchev–Trinajstić information content (AvgIpc) is 2.64. The lowest BCUT2D eigenvalue weighted by atomic mass is 10.1. The van der Waals surface area contributed by atoms with Crippen LogP contribution in [-0.4, -0.2) is 88.0 Å². The first-order chi connectivity index (χ1) is 12.6. The molecule has 0 aliphatic carbocycles. The van der Waals surface area contributed by atoms with Crippen LogP contribution in [0.15, 0.2) is 4.99 Å². The number of likely N-dealkylation sites (tertiary alicyclic amines) is 1. The Morgan fingerprint density at radius 3 is 2.48 bits per heavy atom. The molecular formula is C20H43IN4O2. The van der Waals surface area contributed by atoms with Crippen LogP contribution < -0.4 is 5.32 Å². The second-order valence-corrected chi connectivity index (χ2v) is 7.42. The summed E-state index contributed by atoms with van der Waals surface area (Å²) >= 11 is 0. The fourth-order valence-electron chi connectivity index (χ4n) is 3.03. The van der Waals surface area contributed by atoms with Gasteiger partial charge in [0, 0.05) is 52.5 Å². The van der Waals surface area contributed by atoms with Gasteiger partial charge in [-0.2, -0.15) is 0 Å². The summed E-state index contributed by atoms with van der Waals surface area (Å²) in [6, 6.07) is 0.619. The van der Waals surface area contributed by atoms with Gasteiger partial charge in [0.2, 0.25) is 0 Å². The van der Waals surface area contributed by atoms with Crippen molar-refractivity contribution in [3.8, 4) is 0 Å². The first-order valence-corrected chi connectivity index (χ1v) is 10.4. The molecule has 0 atom stereocenters. The zero-order chi connectivity index (χ0) is 19.2. The van der Waals surface area contributed by atoms with Crippen LogP contribution >= 0.6 is 24.0 Å². The molecule has 162 valence electrons. The number of hydrogen-bond acceptors (Lipinski definition) is 4. The standard InChI is InChI=1S/C20H42N4O2.HI/c1-6-21-20(22-12-7-8-13-23(4)18(2)3)24-14-10-19(11-15-24)26-17-9-16-25-5;/h18-19H,6-17H2,1-5H3,(H,21,22);1H. The number of nitrogens with one attached hydrogen (secondary N) is 1. The highest BCUT2D eigenvalue weighted by Gasteiger charge is 2.21. The van der Waals surface area contributed by atoms with E-state index >= 15 is 0 Å². The zero-order valence-corrected chi connectivity index (χ0v) is 20.5. The third kappa shape index (κ3) is 12.1. The van der Waals surface area contributed by atoms with E-state index in [0.29, 0.717) is 12.1 Å². The summed E-state index contributed by atoms with van der Waals surface area (Å²) < 4.78 is 11.0. The van der Waals surface area contributed by atoms with E-state index in [-0.39, 0.29) is 24.0 Å². The molecule has 1 heterocycles. The second kappa shape index (κ2) is 16.8. The molecular weight excluding hydrogens is 455 g/mol. The molecule has 1 fully saturated rings. The summed E-state index contributed by atoms with van der Waals surface area (Å²) in [5.74, 6) is 1.07.